The number of anilines is 1. The molecule has 4 aromatic rings. The van der Waals surface area contributed by atoms with E-state index in [1.807, 2.05) is 80.6 Å². The van der Waals surface area contributed by atoms with Gasteiger partial charge in [-0.25, -0.2) is 9.69 Å². The van der Waals surface area contributed by atoms with Crippen LogP contribution in [0.2, 0.25) is 0 Å². The maximum absolute atomic E-state index is 14.2. The first-order valence-corrected chi connectivity index (χ1v) is 12.0. The number of para-hydroxylation sites is 3. The van der Waals surface area contributed by atoms with E-state index >= 15 is 0 Å². The van der Waals surface area contributed by atoms with Crippen LogP contribution in [0, 0.1) is 0 Å². The Bertz CT molecular complexity index is 1490. The third-order valence-electron chi connectivity index (χ3n) is 7.66. The second-order valence-electron chi connectivity index (χ2n) is 9.34. The summed E-state index contributed by atoms with van der Waals surface area (Å²) in [5.74, 6) is 0.390. The standard InChI is InChI=1S/C29H27N3O3/c1-4-18-11-5-9-15-23(18)32-27(33)29(2)26-25(20-13-6-8-14-22(20)30-26)21(17-31(29)28(32)34)19-12-7-10-16-24(19)35-3/h5-16,21,30H,4,17H2,1-3H3/t21?,29-/m0/s1. The summed E-state index contributed by atoms with van der Waals surface area (Å²) in [7, 11) is 1.66. The topological polar surface area (TPSA) is 65.6 Å². The number of aromatic nitrogens is 1. The molecule has 3 aromatic carbocycles. The summed E-state index contributed by atoms with van der Waals surface area (Å²) in [5.41, 5.74) is 4.27. The molecule has 3 heterocycles. The van der Waals surface area contributed by atoms with Crippen LogP contribution in [0.4, 0.5) is 10.5 Å². The van der Waals surface area contributed by atoms with Crippen LogP contribution >= 0.6 is 0 Å². The number of amides is 3. The molecule has 0 spiro atoms. The highest BCUT2D eigenvalue weighted by atomic mass is 16.5. The molecule has 6 rings (SSSR count). The van der Waals surface area contributed by atoms with Crippen molar-refractivity contribution >= 4 is 28.5 Å². The van der Waals surface area contributed by atoms with Gasteiger partial charge in [0.25, 0.3) is 5.91 Å². The molecule has 1 aromatic heterocycles. The van der Waals surface area contributed by atoms with Crippen molar-refractivity contribution in [1.29, 1.82) is 0 Å². The predicted octanol–water partition coefficient (Wildman–Crippen LogP) is 5.57. The molecular formula is C29H27N3O3. The van der Waals surface area contributed by atoms with Crippen molar-refractivity contribution in [3.05, 3.63) is 95.2 Å². The molecule has 6 heteroatoms. The molecule has 176 valence electrons. The van der Waals surface area contributed by atoms with Gasteiger partial charge in [-0.3, -0.25) is 4.79 Å². The summed E-state index contributed by atoms with van der Waals surface area (Å²) >= 11 is 0. The average molecular weight is 466 g/mol. The Morgan fingerprint density at radius 2 is 1.71 bits per heavy atom. The fourth-order valence-electron chi connectivity index (χ4n) is 5.87. The molecule has 0 radical (unpaired) electrons. The van der Waals surface area contributed by atoms with Crippen molar-refractivity contribution in [1.82, 2.24) is 9.88 Å². The van der Waals surface area contributed by atoms with Crippen molar-refractivity contribution in [2.75, 3.05) is 18.6 Å². The maximum atomic E-state index is 14.2. The number of carbonyl (C=O) groups excluding carboxylic acids is 2. The van der Waals surface area contributed by atoms with Crippen LogP contribution in [0.5, 0.6) is 5.75 Å². The Balaban J connectivity index is 1.60. The van der Waals surface area contributed by atoms with Crippen molar-refractivity contribution in [2.24, 2.45) is 0 Å². The highest BCUT2D eigenvalue weighted by molar-refractivity contribution is 6.24. The molecule has 0 bridgehead atoms. The van der Waals surface area contributed by atoms with E-state index < -0.39 is 5.54 Å². The molecule has 0 aliphatic carbocycles. The fraction of sp³-hybridized carbons (Fsp3) is 0.241. The number of hydrogen-bond donors (Lipinski definition) is 1. The van der Waals surface area contributed by atoms with Gasteiger partial charge in [-0.05, 0) is 42.7 Å². The monoisotopic (exact) mass is 465 g/mol. The quantitative estimate of drug-likeness (QED) is 0.401. The van der Waals surface area contributed by atoms with Crippen LogP contribution in [0.1, 0.15) is 42.1 Å². The first kappa shape index (κ1) is 21.5. The van der Waals surface area contributed by atoms with Gasteiger partial charge < -0.3 is 14.6 Å². The summed E-state index contributed by atoms with van der Waals surface area (Å²) in [6.45, 7) is 4.28. The van der Waals surface area contributed by atoms with E-state index in [2.05, 4.69) is 11.1 Å². The van der Waals surface area contributed by atoms with Gasteiger partial charge in [0.1, 0.15) is 5.75 Å². The van der Waals surface area contributed by atoms with Gasteiger partial charge in [0.05, 0.1) is 18.5 Å². The minimum absolute atomic E-state index is 0.150. The number of ether oxygens (including phenoxy) is 1. The molecule has 1 fully saturated rings. The van der Waals surface area contributed by atoms with Crippen molar-refractivity contribution in [3.63, 3.8) is 0 Å². The summed E-state index contributed by atoms with van der Waals surface area (Å²) in [4.78, 5) is 34.8. The van der Waals surface area contributed by atoms with Gasteiger partial charge in [-0.1, -0.05) is 61.5 Å². The number of rotatable bonds is 4. The van der Waals surface area contributed by atoms with Crippen molar-refractivity contribution in [3.8, 4) is 5.75 Å². The third-order valence-corrected chi connectivity index (χ3v) is 7.66. The molecule has 6 nitrogen and oxygen atoms in total. The molecular weight excluding hydrogens is 438 g/mol. The summed E-state index contributed by atoms with van der Waals surface area (Å²) in [5, 5.41) is 1.06. The molecule has 0 saturated carbocycles. The molecule has 35 heavy (non-hydrogen) atoms. The number of aromatic amines is 1. The number of methoxy groups -OCH3 is 1. The number of H-pyrrole nitrogens is 1. The van der Waals surface area contributed by atoms with E-state index in [1.54, 1.807) is 12.0 Å². The molecule has 1 saturated heterocycles. The number of carbonyl (C=O) groups is 2. The predicted molar refractivity (Wildman–Crippen MR) is 136 cm³/mol. The molecule has 2 atom stereocenters. The van der Waals surface area contributed by atoms with Crippen LogP contribution in [0.3, 0.4) is 0 Å². The van der Waals surface area contributed by atoms with Crippen LogP contribution in [0.15, 0.2) is 72.8 Å². The summed E-state index contributed by atoms with van der Waals surface area (Å²) in [6, 6.07) is 23.4. The second-order valence-corrected chi connectivity index (χ2v) is 9.34. The normalized spacial score (nSPS) is 21.4. The number of benzene rings is 3. The first-order chi connectivity index (χ1) is 17.0. The number of hydrogen-bond acceptors (Lipinski definition) is 3. The highest BCUT2D eigenvalue weighted by Gasteiger charge is 2.61. The van der Waals surface area contributed by atoms with E-state index in [0.29, 0.717) is 12.2 Å². The smallest absolute Gasteiger partial charge is 0.332 e. The van der Waals surface area contributed by atoms with Gasteiger partial charge in [0, 0.05) is 28.9 Å². The Morgan fingerprint density at radius 3 is 2.51 bits per heavy atom. The zero-order valence-corrected chi connectivity index (χ0v) is 20.0. The van der Waals surface area contributed by atoms with E-state index in [0.717, 1.165) is 45.5 Å². The van der Waals surface area contributed by atoms with E-state index in [9.17, 15) is 9.59 Å². The Morgan fingerprint density at radius 1 is 1.00 bits per heavy atom. The van der Waals surface area contributed by atoms with Crippen LogP contribution < -0.4 is 9.64 Å². The SMILES string of the molecule is CCc1ccccc1N1C(=O)N2CC(c3ccccc3OC)c3c([nH]c4ccccc34)[C@@]2(C)C1=O. The molecule has 2 aliphatic heterocycles. The van der Waals surface area contributed by atoms with E-state index in [1.165, 1.54) is 4.90 Å². The lowest BCUT2D eigenvalue weighted by molar-refractivity contribution is -0.125. The first-order valence-electron chi connectivity index (χ1n) is 12.0. The van der Waals surface area contributed by atoms with E-state index in [-0.39, 0.29) is 17.9 Å². The van der Waals surface area contributed by atoms with Gasteiger partial charge in [-0.2, -0.15) is 0 Å². The second kappa shape index (κ2) is 7.73. The lowest BCUT2D eigenvalue weighted by atomic mass is 9.78. The lowest BCUT2D eigenvalue weighted by Crippen LogP contribution is -2.50. The highest BCUT2D eigenvalue weighted by Crippen LogP contribution is 2.51. The summed E-state index contributed by atoms with van der Waals surface area (Å²) < 4.78 is 5.72. The van der Waals surface area contributed by atoms with Crippen LogP contribution in [0.25, 0.3) is 10.9 Å². The van der Waals surface area contributed by atoms with Crippen molar-refractivity contribution < 1.29 is 14.3 Å². The van der Waals surface area contributed by atoms with Gasteiger partial charge in [-0.15, -0.1) is 0 Å². The number of imide groups is 1. The average Bonchev–Trinajstić information content (AvgIpc) is 3.38. The van der Waals surface area contributed by atoms with Gasteiger partial charge in [0.2, 0.25) is 0 Å². The zero-order valence-electron chi connectivity index (χ0n) is 20.0. The Hall–Kier alpha value is -4.06. The molecule has 3 amide bonds. The number of urea groups is 1. The Kier molecular flexibility index (Phi) is 4.74. The molecule has 2 aliphatic rings. The van der Waals surface area contributed by atoms with E-state index in [4.69, 9.17) is 4.74 Å². The lowest BCUT2D eigenvalue weighted by Gasteiger charge is -2.40. The largest absolute Gasteiger partial charge is 0.496 e. The maximum Gasteiger partial charge on any atom is 0.332 e. The van der Waals surface area contributed by atoms with Gasteiger partial charge in [0.15, 0.2) is 5.54 Å². The minimum atomic E-state index is -1.13. The van der Waals surface area contributed by atoms with Crippen molar-refractivity contribution in [2.45, 2.75) is 31.7 Å². The summed E-state index contributed by atoms with van der Waals surface area (Å²) in [6.07, 6.45) is 0.728. The number of aryl methyl sites for hydroxylation is 1. The fourth-order valence-corrected chi connectivity index (χ4v) is 5.87. The van der Waals surface area contributed by atoms with Crippen LogP contribution in [-0.4, -0.2) is 35.5 Å². The molecule has 1 unspecified atom stereocenters. The Labute approximate surface area is 204 Å². The third kappa shape index (κ3) is 2.83. The molecule has 1 N–H and O–H groups in total. The number of nitrogens with one attached hydrogen (secondary N) is 1. The van der Waals surface area contributed by atoms with Gasteiger partial charge >= 0.3 is 6.03 Å². The zero-order chi connectivity index (χ0) is 24.3. The number of fused-ring (bicyclic) bond motifs is 5. The van der Waals surface area contributed by atoms with Crippen LogP contribution in [-0.2, 0) is 16.8 Å². The number of nitrogens with zero attached hydrogens (tertiary/aromatic N) is 2. The minimum Gasteiger partial charge on any atom is -0.496 e.